The number of hydrogen-bond acceptors (Lipinski definition) is 3. The van der Waals surface area contributed by atoms with E-state index in [0.29, 0.717) is 6.54 Å². The molecule has 1 aliphatic carbocycles. The van der Waals surface area contributed by atoms with Gasteiger partial charge in [-0.1, -0.05) is 30.3 Å². The van der Waals surface area contributed by atoms with Crippen molar-refractivity contribution in [2.45, 2.75) is 52.2 Å². The molecular weight excluding hydrogens is 328 g/mol. The lowest BCUT2D eigenvalue weighted by Crippen LogP contribution is -2.40. The number of hydrogen-bond donors (Lipinski definition) is 3. The summed E-state index contributed by atoms with van der Waals surface area (Å²) in [6, 6.07) is 9.60. The van der Waals surface area contributed by atoms with Gasteiger partial charge in [0, 0.05) is 13.1 Å². The van der Waals surface area contributed by atoms with Crippen LogP contribution in [0.3, 0.4) is 0 Å². The molecule has 3 N–H and O–H groups in total. The van der Waals surface area contributed by atoms with E-state index in [-0.39, 0.29) is 6.04 Å². The Kier molecular flexibility index (Phi) is 7.30. The average Bonchev–Trinajstić information content (AvgIpc) is 3.39. The zero-order valence-electron chi connectivity index (χ0n) is 16.3. The average molecular weight is 361 g/mol. The number of rotatable bonds is 7. The van der Waals surface area contributed by atoms with Gasteiger partial charge >= 0.3 is 6.09 Å². The Labute approximate surface area is 156 Å². The molecule has 1 aromatic rings. The molecule has 6 heteroatoms. The first kappa shape index (κ1) is 20.1. The highest BCUT2D eigenvalue weighted by molar-refractivity contribution is 5.79. The molecule has 144 valence electrons. The molecule has 0 radical (unpaired) electrons. The van der Waals surface area contributed by atoms with Crippen LogP contribution in [0.5, 0.6) is 0 Å². The van der Waals surface area contributed by atoms with E-state index < -0.39 is 11.7 Å². The van der Waals surface area contributed by atoms with Crippen LogP contribution in [0.25, 0.3) is 0 Å². The first-order chi connectivity index (χ1) is 12.4. The van der Waals surface area contributed by atoms with Crippen molar-refractivity contribution in [3.8, 4) is 0 Å². The van der Waals surface area contributed by atoms with E-state index in [4.69, 9.17) is 4.74 Å². The number of carbonyl (C=O) groups is 1. The highest BCUT2D eigenvalue weighted by atomic mass is 16.6. The number of aliphatic imine (C=N–C) groups is 1. The van der Waals surface area contributed by atoms with E-state index >= 15 is 0 Å². The van der Waals surface area contributed by atoms with Crippen LogP contribution >= 0.6 is 0 Å². The van der Waals surface area contributed by atoms with Gasteiger partial charge in [0.1, 0.15) is 5.60 Å². The standard InChI is InChI=1S/C20H32N4O2/c1-5-21-18(22-13-15-11-12-15)23-14-17(16-9-7-6-8-10-16)24-19(25)26-20(2,3)4/h6-10,15,17H,5,11-14H2,1-4H3,(H,24,25)(H2,21,22,23). The topological polar surface area (TPSA) is 74.8 Å². The fraction of sp³-hybridized carbons (Fsp3) is 0.600. The first-order valence-corrected chi connectivity index (χ1v) is 9.44. The molecule has 0 aliphatic heterocycles. The Morgan fingerprint density at radius 3 is 2.50 bits per heavy atom. The minimum absolute atomic E-state index is 0.248. The van der Waals surface area contributed by atoms with Gasteiger partial charge in [-0.15, -0.1) is 0 Å². The Hall–Kier alpha value is -2.24. The van der Waals surface area contributed by atoms with Gasteiger partial charge < -0.3 is 20.7 Å². The van der Waals surface area contributed by atoms with Crippen molar-refractivity contribution in [2.75, 3.05) is 19.6 Å². The van der Waals surface area contributed by atoms with E-state index in [0.717, 1.165) is 30.5 Å². The summed E-state index contributed by atoms with van der Waals surface area (Å²) in [5.41, 5.74) is 0.468. The van der Waals surface area contributed by atoms with Gasteiger partial charge in [0.25, 0.3) is 0 Å². The fourth-order valence-electron chi connectivity index (χ4n) is 2.46. The molecule has 1 unspecified atom stereocenters. The molecule has 1 amide bonds. The van der Waals surface area contributed by atoms with Crippen LogP contribution in [0, 0.1) is 5.92 Å². The second kappa shape index (κ2) is 9.46. The molecular formula is C20H32N4O2. The lowest BCUT2D eigenvalue weighted by atomic mass is 10.1. The summed E-state index contributed by atoms with van der Waals surface area (Å²) in [6.45, 7) is 9.78. The Morgan fingerprint density at radius 2 is 1.92 bits per heavy atom. The fourth-order valence-corrected chi connectivity index (χ4v) is 2.46. The summed E-state index contributed by atoms with van der Waals surface area (Å²) in [7, 11) is 0. The molecule has 0 bridgehead atoms. The lowest BCUT2D eigenvalue weighted by molar-refractivity contribution is 0.0505. The van der Waals surface area contributed by atoms with Crippen molar-refractivity contribution in [1.29, 1.82) is 0 Å². The number of ether oxygens (including phenoxy) is 1. The van der Waals surface area contributed by atoms with Crippen molar-refractivity contribution in [2.24, 2.45) is 10.9 Å². The maximum Gasteiger partial charge on any atom is 0.408 e. The SMILES string of the molecule is CCNC(=NCC(NC(=O)OC(C)(C)C)c1ccccc1)NCC1CC1. The van der Waals surface area contributed by atoms with Crippen LogP contribution in [0.1, 0.15) is 52.1 Å². The number of carbonyl (C=O) groups excluding carboxylic acids is 1. The van der Waals surface area contributed by atoms with E-state index in [2.05, 4.69) is 20.9 Å². The molecule has 0 heterocycles. The zero-order valence-corrected chi connectivity index (χ0v) is 16.3. The molecule has 1 atom stereocenters. The van der Waals surface area contributed by atoms with Crippen LogP contribution in [0.2, 0.25) is 0 Å². The van der Waals surface area contributed by atoms with E-state index in [1.807, 2.05) is 58.0 Å². The van der Waals surface area contributed by atoms with Gasteiger partial charge in [-0.2, -0.15) is 0 Å². The van der Waals surface area contributed by atoms with E-state index in [9.17, 15) is 4.79 Å². The maximum atomic E-state index is 12.2. The van der Waals surface area contributed by atoms with Gasteiger partial charge in [0.05, 0.1) is 12.6 Å². The highest BCUT2D eigenvalue weighted by Crippen LogP contribution is 2.27. The minimum Gasteiger partial charge on any atom is -0.444 e. The van der Waals surface area contributed by atoms with Crippen LogP contribution in [-0.2, 0) is 4.74 Å². The minimum atomic E-state index is -0.532. The number of alkyl carbamates (subject to hydrolysis) is 1. The molecule has 1 fully saturated rings. The Morgan fingerprint density at radius 1 is 1.23 bits per heavy atom. The second-order valence-corrected chi connectivity index (χ2v) is 7.65. The summed E-state index contributed by atoms with van der Waals surface area (Å²) in [5.74, 6) is 1.55. The molecule has 1 aliphatic rings. The number of benzene rings is 1. The molecule has 1 aromatic carbocycles. The smallest absolute Gasteiger partial charge is 0.408 e. The van der Waals surface area contributed by atoms with Gasteiger partial charge in [-0.3, -0.25) is 4.99 Å². The molecule has 6 nitrogen and oxygen atoms in total. The molecule has 0 saturated heterocycles. The third-order valence-electron chi connectivity index (χ3n) is 3.92. The number of guanidine groups is 1. The number of nitrogens with one attached hydrogen (secondary N) is 3. The van der Waals surface area contributed by atoms with Crippen LogP contribution in [0.15, 0.2) is 35.3 Å². The van der Waals surface area contributed by atoms with Crippen molar-refractivity contribution in [3.63, 3.8) is 0 Å². The summed E-state index contributed by atoms with van der Waals surface area (Å²) in [4.78, 5) is 16.9. The van der Waals surface area contributed by atoms with Gasteiger partial charge in [0.15, 0.2) is 5.96 Å². The van der Waals surface area contributed by atoms with Crippen LogP contribution < -0.4 is 16.0 Å². The molecule has 0 aromatic heterocycles. The third kappa shape index (κ3) is 7.76. The van der Waals surface area contributed by atoms with Crippen molar-refractivity contribution in [1.82, 2.24) is 16.0 Å². The van der Waals surface area contributed by atoms with Gasteiger partial charge in [-0.05, 0) is 52.0 Å². The normalized spacial score (nSPS) is 15.9. The summed E-state index contributed by atoms with van der Waals surface area (Å²) < 4.78 is 5.40. The van der Waals surface area contributed by atoms with Crippen LogP contribution in [0.4, 0.5) is 4.79 Å². The van der Waals surface area contributed by atoms with E-state index in [1.165, 1.54) is 12.8 Å². The predicted molar refractivity (Wildman–Crippen MR) is 105 cm³/mol. The molecule has 0 spiro atoms. The highest BCUT2D eigenvalue weighted by Gasteiger charge is 2.22. The third-order valence-corrected chi connectivity index (χ3v) is 3.92. The Balaban J connectivity index is 2.04. The summed E-state index contributed by atoms with van der Waals surface area (Å²) >= 11 is 0. The van der Waals surface area contributed by atoms with Crippen molar-refractivity contribution >= 4 is 12.1 Å². The first-order valence-electron chi connectivity index (χ1n) is 9.44. The van der Waals surface area contributed by atoms with Crippen LogP contribution in [-0.4, -0.2) is 37.3 Å². The predicted octanol–water partition coefficient (Wildman–Crippen LogP) is 3.22. The molecule has 26 heavy (non-hydrogen) atoms. The Bertz CT molecular complexity index is 592. The van der Waals surface area contributed by atoms with E-state index in [1.54, 1.807) is 0 Å². The monoisotopic (exact) mass is 360 g/mol. The van der Waals surface area contributed by atoms with Crippen molar-refractivity contribution in [3.05, 3.63) is 35.9 Å². The summed E-state index contributed by atoms with van der Waals surface area (Å²) in [5, 5.41) is 9.58. The second-order valence-electron chi connectivity index (χ2n) is 7.65. The lowest BCUT2D eigenvalue weighted by Gasteiger charge is -2.23. The van der Waals surface area contributed by atoms with Gasteiger partial charge in [-0.25, -0.2) is 4.79 Å². The largest absolute Gasteiger partial charge is 0.444 e. The van der Waals surface area contributed by atoms with Gasteiger partial charge in [0.2, 0.25) is 0 Å². The zero-order chi connectivity index (χ0) is 19.0. The van der Waals surface area contributed by atoms with Crippen molar-refractivity contribution < 1.29 is 9.53 Å². The quantitative estimate of drug-likeness (QED) is 0.515. The molecule has 2 rings (SSSR count). The maximum absolute atomic E-state index is 12.2. The number of amides is 1. The number of nitrogens with zero attached hydrogens (tertiary/aromatic N) is 1. The summed E-state index contributed by atoms with van der Waals surface area (Å²) in [6.07, 6.45) is 2.15. The molecule has 1 saturated carbocycles.